The number of halogens is 1. The first-order valence-corrected chi connectivity index (χ1v) is 9.62. The van der Waals surface area contributed by atoms with Gasteiger partial charge >= 0.3 is 5.97 Å². The fourth-order valence-corrected chi connectivity index (χ4v) is 4.08. The molecule has 8 heteroatoms. The Morgan fingerprint density at radius 2 is 1.90 bits per heavy atom. The Morgan fingerprint density at radius 1 is 1.14 bits per heavy atom. The summed E-state index contributed by atoms with van der Waals surface area (Å²) >= 11 is 6.39. The Balaban J connectivity index is 1.58. The summed E-state index contributed by atoms with van der Waals surface area (Å²) in [5.74, 6) is -0.827. The van der Waals surface area contributed by atoms with Crippen LogP contribution >= 0.6 is 24.0 Å². The predicted octanol–water partition coefficient (Wildman–Crippen LogP) is 5.19. The molecule has 0 bridgehead atoms. The third-order valence-corrected chi connectivity index (χ3v) is 5.48. The molecule has 29 heavy (non-hydrogen) atoms. The molecule has 2 aromatic carbocycles. The van der Waals surface area contributed by atoms with Crippen molar-refractivity contribution in [1.82, 2.24) is 0 Å². The molecule has 0 atom stereocenters. The number of carboxylic acids is 1. The minimum Gasteiger partial charge on any atom is -0.478 e. The van der Waals surface area contributed by atoms with Crippen molar-refractivity contribution in [1.29, 1.82) is 0 Å². The maximum atomic E-state index is 13.5. The normalized spacial score (nSPS) is 15.3. The van der Waals surface area contributed by atoms with E-state index in [9.17, 15) is 14.0 Å². The van der Waals surface area contributed by atoms with Crippen molar-refractivity contribution in [3.05, 3.63) is 82.7 Å². The number of rotatable bonds is 4. The van der Waals surface area contributed by atoms with Crippen LogP contribution in [0.1, 0.15) is 16.1 Å². The molecule has 1 aromatic heterocycles. The van der Waals surface area contributed by atoms with Crippen LogP contribution in [0.5, 0.6) is 0 Å². The number of carboxylic acid groups (broad SMARTS) is 1. The fourth-order valence-electron chi connectivity index (χ4n) is 2.80. The van der Waals surface area contributed by atoms with Gasteiger partial charge in [-0.15, -0.1) is 0 Å². The topological polar surface area (TPSA) is 70.8 Å². The smallest absolute Gasteiger partial charge is 0.335 e. The molecule has 0 radical (unpaired) electrons. The van der Waals surface area contributed by atoms with Gasteiger partial charge in [-0.05, 0) is 42.5 Å². The molecule has 1 amide bonds. The maximum absolute atomic E-state index is 13.5. The first-order chi connectivity index (χ1) is 13.9. The average Bonchev–Trinajstić information content (AvgIpc) is 3.26. The third-order valence-electron chi connectivity index (χ3n) is 4.18. The summed E-state index contributed by atoms with van der Waals surface area (Å²) in [4.78, 5) is 25.3. The lowest BCUT2D eigenvalue weighted by Gasteiger charge is -2.14. The highest BCUT2D eigenvalue weighted by molar-refractivity contribution is 8.27. The summed E-state index contributed by atoms with van der Waals surface area (Å²) in [6.07, 6.45) is 1.58. The van der Waals surface area contributed by atoms with E-state index in [-0.39, 0.29) is 11.5 Å². The summed E-state index contributed by atoms with van der Waals surface area (Å²) in [7, 11) is 0. The maximum Gasteiger partial charge on any atom is 0.335 e. The molecule has 2 heterocycles. The second-order valence-electron chi connectivity index (χ2n) is 6.08. The molecule has 3 aromatic rings. The molecule has 144 valence electrons. The number of hydrogen-bond acceptors (Lipinski definition) is 5. The molecule has 1 aliphatic heterocycles. The Labute approximate surface area is 174 Å². The van der Waals surface area contributed by atoms with Crippen LogP contribution in [0.4, 0.5) is 10.1 Å². The zero-order chi connectivity index (χ0) is 20.5. The molecular formula is C21H12FNO4S2. The first-order valence-electron chi connectivity index (χ1n) is 8.39. The van der Waals surface area contributed by atoms with E-state index in [1.165, 1.54) is 35.2 Å². The van der Waals surface area contributed by atoms with Crippen LogP contribution in [0.3, 0.4) is 0 Å². The number of aromatic carboxylic acids is 1. The Morgan fingerprint density at radius 3 is 2.59 bits per heavy atom. The van der Waals surface area contributed by atoms with Gasteiger partial charge in [-0.2, -0.15) is 0 Å². The Hall–Kier alpha value is -3.23. The van der Waals surface area contributed by atoms with Crippen molar-refractivity contribution >= 4 is 51.9 Å². The summed E-state index contributed by atoms with van der Waals surface area (Å²) in [5.41, 5.74) is 1.26. The van der Waals surface area contributed by atoms with Gasteiger partial charge in [0.15, 0.2) is 4.32 Å². The number of nitrogens with zero attached hydrogens (tertiary/aromatic N) is 1. The van der Waals surface area contributed by atoms with Gasteiger partial charge in [-0.1, -0.05) is 42.2 Å². The van der Waals surface area contributed by atoms with Crippen LogP contribution < -0.4 is 4.90 Å². The van der Waals surface area contributed by atoms with Crippen LogP contribution in [0, 0.1) is 5.82 Å². The van der Waals surface area contributed by atoms with Gasteiger partial charge in [-0.3, -0.25) is 9.69 Å². The Kier molecular flexibility index (Phi) is 5.04. The number of amides is 1. The van der Waals surface area contributed by atoms with Crippen LogP contribution in [0.2, 0.25) is 0 Å². The van der Waals surface area contributed by atoms with Crippen molar-refractivity contribution in [2.75, 3.05) is 4.90 Å². The van der Waals surface area contributed by atoms with Gasteiger partial charge in [0.1, 0.15) is 17.3 Å². The molecule has 0 aliphatic carbocycles. The van der Waals surface area contributed by atoms with Crippen LogP contribution in [-0.2, 0) is 4.79 Å². The van der Waals surface area contributed by atoms with E-state index in [2.05, 4.69) is 0 Å². The van der Waals surface area contributed by atoms with Gasteiger partial charge in [0, 0.05) is 11.6 Å². The van der Waals surface area contributed by atoms with E-state index < -0.39 is 11.8 Å². The fraction of sp³-hybridized carbons (Fsp3) is 0. The second-order valence-corrected chi connectivity index (χ2v) is 7.76. The molecule has 4 rings (SSSR count). The number of carbonyl (C=O) groups excluding carboxylic acids is 1. The number of carbonyl (C=O) groups is 2. The van der Waals surface area contributed by atoms with Crippen LogP contribution in [-0.4, -0.2) is 21.3 Å². The summed E-state index contributed by atoms with van der Waals surface area (Å²) in [6.45, 7) is 0. The number of benzene rings is 2. The molecule has 1 fully saturated rings. The SMILES string of the molecule is O=C(O)c1ccc(-c2ccc(/C=C3\SC(=S)N(c4cccc(F)c4)C3=O)o2)cc1. The number of thiocarbonyl (C=S) groups is 1. The number of thioether (sulfide) groups is 1. The lowest BCUT2D eigenvalue weighted by molar-refractivity contribution is -0.113. The van der Waals surface area contributed by atoms with E-state index in [4.69, 9.17) is 21.7 Å². The van der Waals surface area contributed by atoms with Gasteiger partial charge in [0.05, 0.1) is 16.2 Å². The third kappa shape index (κ3) is 3.85. The summed E-state index contributed by atoms with van der Waals surface area (Å²) < 4.78 is 19.6. The highest BCUT2D eigenvalue weighted by Gasteiger charge is 2.33. The molecule has 1 saturated heterocycles. The van der Waals surface area contributed by atoms with Crippen molar-refractivity contribution < 1.29 is 23.5 Å². The van der Waals surface area contributed by atoms with Crippen LogP contribution in [0.25, 0.3) is 17.4 Å². The zero-order valence-corrected chi connectivity index (χ0v) is 16.3. The minimum absolute atomic E-state index is 0.182. The minimum atomic E-state index is -1.00. The highest BCUT2D eigenvalue weighted by Crippen LogP contribution is 2.36. The van der Waals surface area contributed by atoms with Crippen molar-refractivity contribution in [2.45, 2.75) is 0 Å². The standard InChI is InChI=1S/C21H12FNO4S2/c22-14-2-1-3-15(10-14)23-19(24)18(29-21(23)28)11-16-8-9-17(27-16)12-4-6-13(7-5-12)20(25)26/h1-11H,(H,25,26)/b18-11-. The van der Waals surface area contributed by atoms with E-state index in [0.29, 0.717) is 32.0 Å². The van der Waals surface area contributed by atoms with Gasteiger partial charge in [0.25, 0.3) is 5.91 Å². The zero-order valence-electron chi connectivity index (χ0n) is 14.7. The van der Waals surface area contributed by atoms with Crippen molar-refractivity contribution in [3.8, 4) is 11.3 Å². The first kappa shape index (κ1) is 19.1. The monoisotopic (exact) mass is 425 g/mol. The van der Waals surface area contributed by atoms with Gasteiger partial charge < -0.3 is 9.52 Å². The molecule has 0 spiro atoms. The summed E-state index contributed by atoms with van der Waals surface area (Å²) in [6, 6.07) is 15.4. The molecular weight excluding hydrogens is 413 g/mol. The second kappa shape index (κ2) is 7.65. The van der Waals surface area contributed by atoms with E-state index in [1.54, 1.807) is 36.4 Å². The number of furan rings is 1. The average molecular weight is 425 g/mol. The van der Waals surface area contributed by atoms with E-state index >= 15 is 0 Å². The molecule has 1 N–H and O–H groups in total. The van der Waals surface area contributed by atoms with Crippen LogP contribution in [0.15, 0.2) is 70.0 Å². The van der Waals surface area contributed by atoms with Crippen molar-refractivity contribution in [3.63, 3.8) is 0 Å². The van der Waals surface area contributed by atoms with Crippen molar-refractivity contribution in [2.24, 2.45) is 0 Å². The molecule has 1 aliphatic rings. The lowest BCUT2D eigenvalue weighted by Crippen LogP contribution is -2.27. The molecule has 5 nitrogen and oxygen atoms in total. The lowest BCUT2D eigenvalue weighted by atomic mass is 10.1. The van der Waals surface area contributed by atoms with E-state index in [1.807, 2.05) is 0 Å². The largest absolute Gasteiger partial charge is 0.478 e. The number of hydrogen-bond donors (Lipinski definition) is 1. The molecule has 0 unspecified atom stereocenters. The van der Waals surface area contributed by atoms with Gasteiger partial charge in [-0.25, -0.2) is 9.18 Å². The van der Waals surface area contributed by atoms with E-state index in [0.717, 1.165) is 11.8 Å². The predicted molar refractivity (Wildman–Crippen MR) is 113 cm³/mol. The quantitative estimate of drug-likeness (QED) is 0.458. The molecule has 0 saturated carbocycles. The number of anilines is 1. The highest BCUT2D eigenvalue weighted by atomic mass is 32.2. The summed E-state index contributed by atoms with van der Waals surface area (Å²) in [5, 5.41) is 8.97. The Bertz CT molecular complexity index is 1170. The van der Waals surface area contributed by atoms with Gasteiger partial charge in [0.2, 0.25) is 0 Å².